The van der Waals surface area contributed by atoms with Gasteiger partial charge in [-0.1, -0.05) is 6.08 Å². The van der Waals surface area contributed by atoms with Crippen molar-refractivity contribution in [2.24, 2.45) is 0 Å². The van der Waals surface area contributed by atoms with Gasteiger partial charge in [0.25, 0.3) is 0 Å². The van der Waals surface area contributed by atoms with Crippen LogP contribution < -0.4 is 4.74 Å². The van der Waals surface area contributed by atoms with Crippen molar-refractivity contribution in [3.05, 3.63) is 36.0 Å². The van der Waals surface area contributed by atoms with Crippen molar-refractivity contribution >= 4 is 16.5 Å². The number of nitrogens with zero attached hydrogens (tertiary/aromatic N) is 1. The number of methoxy groups -OCH3 is 2. The molecule has 0 atom stereocenters. The van der Waals surface area contributed by atoms with E-state index in [2.05, 4.69) is 34.3 Å². The Bertz CT molecular complexity index is 645. The van der Waals surface area contributed by atoms with Gasteiger partial charge in [-0.2, -0.15) is 0 Å². The number of ether oxygens (including phenoxy) is 2. The number of hydrogen-bond acceptors (Lipinski definition) is 3. The molecule has 2 heterocycles. The van der Waals surface area contributed by atoms with Crippen LogP contribution in [0.15, 0.2) is 30.5 Å². The molecule has 1 N–H and O–H groups in total. The molecular weight excluding hydrogens is 264 g/mol. The lowest BCUT2D eigenvalue weighted by Gasteiger charge is -2.25. The first kappa shape index (κ1) is 14.2. The first-order valence-electron chi connectivity index (χ1n) is 7.37. The summed E-state index contributed by atoms with van der Waals surface area (Å²) >= 11 is 0. The van der Waals surface area contributed by atoms with Crippen LogP contribution in [0.1, 0.15) is 12.0 Å². The predicted octanol–water partition coefficient (Wildman–Crippen LogP) is 2.91. The van der Waals surface area contributed by atoms with E-state index >= 15 is 0 Å². The lowest BCUT2D eigenvalue weighted by Crippen LogP contribution is -2.31. The third kappa shape index (κ3) is 2.96. The molecule has 0 radical (unpaired) electrons. The van der Waals surface area contributed by atoms with Gasteiger partial charge in [-0.3, -0.25) is 4.90 Å². The molecule has 1 aromatic heterocycles. The summed E-state index contributed by atoms with van der Waals surface area (Å²) < 4.78 is 10.5. The van der Waals surface area contributed by atoms with Gasteiger partial charge in [0.2, 0.25) is 0 Å². The zero-order valence-corrected chi connectivity index (χ0v) is 12.7. The zero-order valence-electron chi connectivity index (χ0n) is 12.7. The van der Waals surface area contributed by atoms with Crippen LogP contribution in [0.3, 0.4) is 0 Å². The molecule has 0 bridgehead atoms. The highest BCUT2D eigenvalue weighted by atomic mass is 16.5. The van der Waals surface area contributed by atoms with Gasteiger partial charge < -0.3 is 14.5 Å². The molecule has 0 amide bonds. The molecule has 1 aromatic carbocycles. The van der Waals surface area contributed by atoms with Crippen LogP contribution in [0.4, 0.5) is 0 Å². The standard InChI is InChI=1S/C17H22N2O2/c1-20-10-9-19-7-5-13(6-8-19)16-12-18-17-4-3-14(21-2)11-15(16)17/h3-5,11-12,18H,6-10H2,1-2H3. The average Bonchev–Trinajstić information content (AvgIpc) is 2.96. The van der Waals surface area contributed by atoms with Crippen molar-refractivity contribution in [2.75, 3.05) is 40.5 Å². The van der Waals surface area contributed by atoms with Gasteiger partial charge >= 0.3 is 0 Å². The fraction of sp³-hybridized carbons (Fsp3) is 0.412. The first-order chi connectivity index (χ1) is 10.3. The normalized spacial score (nSPS) is 16.2. The Labute approximate surface area is 125 Å². The van der Waals surface area contributed by atoms with Crippen LogP contribution in [-0.4, -0.2) is 50.3 Å². The van der Waals surface area contributed by atoms with Gasteiger partial charge in [-0.15, -0.1) is 0 Å². The minimum atomic E-state index is 0.799. The summed E-state index contributed by atoms with van der Waals surface area (Å²) in [6, 6.07) is 6.18. The quantitative estimate of drug-likeness (QED) is 0.918. The Morgan fingerprint density at radius 1 is 1.29 bits per heavy atom. The van der Waals surface area contributed by atoms with Crippen LogP contribution in [0.5, 0.6) is 5.75 Å². The van der Waals surface area contributed by atoms with Crippen molar-refractivity contribution in [3.8, 4) is 5.75 Å². The molecule has 1 aliphatic heterocycles. The molecular formula is C17H22N2O2. The Balaban J connectivity index is 1.82. The third-order valence-corrected chi connectivity index (χ3v) is 4.14. The second kappa shape index (κ2) is 6.33. The number of H-pyrrole nitrogens is 1. The van der Waals surface area contributed by atoms with E-state index in [-0.39, 0.29) is 0 Å². The Morgan fingerprint density at radius 2 is 2.19 bits per heavy atom. The fourth-order valence-electron chi connectivity index (χ4n) is 2.87. The highest BCUT2D eigenvalue weighted by molar-refractivity contribution is 5.93. The molecule has 4 nitrogen and oxygen atoms in total. The number of benzene rings is 1. The summed E-state index contributed by atoms with van der Waals surface area (Å²) in [5, 5.41) is 1.24. The summed E-state index contributed by atoms with van der Waals surface area (Å²) in [5.41, 5.74) is 3.88. The SMILES string of the molecule is COCCN1CC=C(c2c[nH]c3ccc(OC)cc23)CC1. The Hall–Kier alpha value is -1.78. The second-order valence-electron chi connectivity index (χ2n) is 5.39. The van der Waals surface area contributed by atoms with Crippen molar-refractivity contribution in [3.63, 3.8) is 0 Å². The molecule has 112 valence electrons. The molecule has 1 aliphatic rings. The monoisotopic (exact) mass is 286 g/mol. The van der Waals surface area contributed by atoms with Crippen molar-refractivity contribution < 1.29 is 9.47 Å². The van der Waals surface area contributed by atoms with Gasteiger partial charge in [-0.25, -0.2) is 0 Å². The predicted molar refractivity (Wildman–Crippen MR) is 85.8 cm³/mol. The van der Waals surface area contributed by atoms with E-state index in [1.54, 1.807) is 14.2 Å². The van der Waals surface area contributed by atoms with Gasteiger partial charge in [0.05, 0.1) is 13.7 Å². The lowest BCUT2D eigenvalue weighted by atomic mass is 9.99. The maximum absolute atomic E-state index is 5.34. The van der Waals surface area contributed by atoms with Crippen LogP contribution in [-0.2, 0) is 4.74 Å². The van der Waals surface area contributed by atoms with Crippen LogP contribution >= 0.6 is 0 Å². The molecule has 0 aliphatic carbocycles. The molecule has 0 fully saturated rings. The van der Waals surface area contributed by atoms with Gasteiger partial charge in [0, 0.05) is 49.4 Å². The number of hydrogen-bond donors (Lipinski definition) is 1. The number of aromatic nitrogens is 1. The molecule has 21 heavy (non-hydrogen) atoms. The number of aromatic amines is 1. The van der Waals surface area contributed by atoms with Crippen molar-refractivity contribution in [2.45, 2.75) is 6.42 Å². The number of nitrogens with one attached hydrogen (secondary N) is 1. The summed E-state index contributed by atoms with van der Waals surface area (Å²) in [6.45, 7) is 3.89. The number of rotatable bonds is 5. The van der Waals surface area contributed by atoms with E-state index in [0.717, 1.165) is 43.9 Å². The van der Waals surface area contributed by atoms with E-state index in [4.69, 9.17) is 9.47 Å². The highest BCUT2D eigenvalue weighted by Gasteiger charge is 2.15. The second-order valence-corrected chi connectivity index (χ2v) is 5.39. The highest BCUT2D eigenvalue weighted by Crippen LogP contribution is 2.31. The third-order valence-electron chi connectivity index (χ3n) is 4.14. The van der Waals surface area contributed by atoms with E-state index in [0.29, 0.717) is 0 Å². The maximum atomic E-state index is 5.34. The lowest BCUT2D eigenvalue weighted by molar-refractivity contribution is 0.154. The van der Waals surface area contributed by atoms with Crippen LogP contribution in [0.25, 0.3) is 16.5 Å². The molecule has 4 heteroatoms. The smallest absolute Gasteiger partial charge is 0.119 e. The van der Waals surface area contributed by atoms with Gasteiger partial charge in [-0.05, 0) is 30.2 Å². The fourth-order valence-corrected chi connectivity index (χ4v) is 2.87. The summed E-state index contributed by atoms with van der Waals surface area (Å²) in [7, 11) is 3.46. The minimum Gasteiger partial charge on any atom is -0.497 e. The molecule has 2 aromatic rings. The van der Waals surface area contributed by atoms with Crippen LogP contribution in [0.2, 0.25) is 0 Å². The van der Waals surface area contributed by atoms with E-state index in [9.17, 15) is 0 Å². The molecule has 0 spiro atoms. The minimum absolute atomic E-state index is 0.799. The molecule has 0 saturated carbocycles. The average molecular weight is 286 g/mol. The Kier molecular flexibility index (Phi) is 4.27. The maximum Gasteiger partial charge on any atom is 0.119 e. The largest absolute Gasteiger partial charge is 0.497 e. The van der Waals surface area contributed by atoms with Crippen molar-refractivity contribution in [1.29, 1.82) is 0 Å². The van der Waals surface area contributed by atoms with Crippen molar-refractivity contribution in [1.82, 2.24) is 9.88 Å². The molecule has 3 rings (SSSR count). The summed E-state index contributed by atoms with van der Waals surface area (Å²) in [4.78, 5) is 5.77. The number of fused-ring (bicyclic) bond motifs is 1. The van der Waals surface area contributed by atoms with Gasteiger partial charge in [0.1, 0.15) is 5.75 Å². The first-order valence-corrected chi connectivity index (χ1v) is 7.37. The summed E-state index contributed by atoms with van der Waals surface area (Å²) in [5.74, 6) is 0.904. The van der Waals surface area contributed by atoms with E-state index in [1.807, 2.05) is 6.07 Å². The van der Waals surface area contributed by atoms with E-state index < -0.39 is 0 Å². The zero-order chi connectivity index (χ0) is 14.7. The van der Waals surface area contributed by atoms with Crippen LogP contribution in [0, 0.1) is 0 Å². The Morgan fingerprint density at radius 3 is 2.90 bits per heavy atom. The van der Waals surface area contributed by atoms with E-state index in [1.165, 1.54) is 16.5 Å². The molecule has 0 unspecified atom stereocenters. The van der Waals surface area contributed by atoms with Gasteiger partial charge in [0.15, 0.2) is 0 Å². The topological polar surface area (TPSA) is 37.5 Å². The molecule has 0 saturated heterocycles. The summed E-state index contributed by atoms with van der Waals surface area (Å²) in [6.07, 6.45) is 5.52.